The van der Waals surface area contributed by atoms with Gasteiger partial charge in [0.25, 0.3) is 0 Å². The number of carbonyl (C=O) groups excluding carboxylic acids is 1. The third-order valence-corrected chi connectivity index (χ3v) is 2.96. The second-order valence-corrected chi connectivity index (χ2v) is 4.23. The molecule has 17 heavy (non-hydrogen) atoms. The van der Waals surface area contributed by atoms with Crippen LogP contribution in [0.3, 0.4) is 0 Å². The predicted octanol–water partition coefficient (Wildman–Crippen LogP) is 1.07. The molecule has 5 nitrogen and oxygen atoms in total. The van der Waals surface area contributed by atoms with Crippen molar-refractivity contribution < 1.29 is 19.0 Å². The second kappa shape index (κ2) is 8.44. The quantitative estimate of drug-likeness (QED) is 0.682. The lowest BCUT2D eigenvalue weighted by Crippen LogP contribution is -2.34. The first-order valence-electron chi connectivity index (χ1n) is 6.20. The molecule has 1 unspecified atom stereocenters. The molecule has 1 aliphatic heterocycles. The average Bonchev–Trinajstić information content (AvgIpc) is 2.39. The van der Waals surface area contributed by atoms with E-state index in [1.807, 2.05) is 0 Å². The Balaban J connectivity index is 2.07. The Morgan fingerprint density at radius 3 is 2.76 bits per heavy atom. The summed E-state index contributed by atoms with van der Waals surface area (Å²) in [6.45, 7) is 1.22. The van der Waals surface area contributed by atoms with Crippen LogP contribution in [-0.4, -0.2) is 45.7 Å². The first-order valence-corrected chi connectivity index (χ1v) is 6.20. The van der Waals surface area contributed by atoms with Gasteiger partial charge in [-0.05, 0) is 25.7 Å². The van der Waals surface area contributed by atoms with Gasteiger partial charge in [-0.1, -0.05) is 0 Å². The van der Waals surface area contributed by atoms with E-state index in [9.17, 15) is 4.79 Å². The summed E-state index contributed by atoms with van der Waals surface area (Å²) in [7, 11) is 3.10. The van der Waals surface area contributed by atoms with Crippen LogP contribution in [0.4, 0.5) is 0 Å². The number of nitrogens with one attached hydrogen (secondary N) is 1. The van der Waals surface area contributed by atoms with Crippen LogP contribution in [0.2, 0.25) is 0 Å². The van der Waals surface area contributed by atoms with Gasteiger partial charge in [0.15, 0.2) is 6.29 Å². The highest BCUT2D eigenvalue weighted by atomic mass is 16.7. The molecular weight excluding hydrogens is 222 g/mol. The van der Waals surface area contributed by atoms with Gasteiger partial charge in [0.1, 0.15) is 0 Å². The Morgan fingerprint density at radius 1 is 1.41 bits per heavy atom. The molecule has 1 rings (SSSR count). The molecule has 1 heterocycles. The van der Waals surface area contributed by atoms with Crippen molar-refractivity contribution in [3.63, 3.8) is 0 Å². The van der Waals surface area contributed by atoms with Crippen LogP contribution in [0.5, 0.6) is 0 Å². The molecule has 1 aliphatic rings. The minimum atomic E-state index is -0.370. The molecule has 1 amide bonds. The third-order valence-electron chi connectivity index (χ3n) is 2.96. The predicted molar refractivity (Wildman–Crippen MR) is 63.6 cm³/mol. The van der Waals surface area contributed by atoms with Gasteiger partial charge in [0.2, 0.25) is 5.91 Å². The van der Waals surface area contributed by atoms with Gasteiger partial charge < -0.3 is 19.5 Å². The zero-order valence-corrected chi connectivity index (χ0v) is 10.7. The summed E-state index contributed by atoms with van der Waals surface area (Å²) in [5, 5.41) is 2.78. The standard InChI is InChI=1S/C12H23NO4/c1-15-12(16-2)9-13-11(14)7-6-10-5-3-4-8-17-10/h10,12H,3-9H2,1-2H3,(H,13,14). The summed E-state index contributed by atoms with van der Waals surface area (Å²) in [4.78, 5) is 11.5. The zero-order valence-electron chi connectivity index (χ0n) is 10.7. The monoisotopic (exact) mass is 245 g/mol. The van der Waals surface area contributed by atoms with E-state index in [-0.39, 0.29) is 18.3 Å². The van der Waals surface area contributed by atoms with Crippen LogP contribution < -0.4 is 5.32 Å². The van der Waals surface area contributed by atoms with Gasteiger partial charge in [0, 0.05) is 27.2 Å². The fourth-order valence-electron chi connectivity index (χ4n) is 1.88. The summed E-state index contributed by atoms with van der Waals surface area (Å²) in [6, 6.07) is 0. The molecule has 0 saturated carbocycles. The van der Waals surface area contributed by atoms with E-state index in [0.717, 1.165) is 25.9 Å². The number of rotatable bonds is 7. The lowest BCUT2D eigenvalue weighted by molar-refractivity contribution is -0.128. The van der Waals surface area contributed by atoms with Gasteiger partial charge in [-0.15, -0.1) is 0 Å². The van der Waals surface area contributed by atoms with E-state index in [2.05, 4.69) is 5.32 Å². The van der Waals surface area contributed by atoms with Crippen molar-refractivity contribution in [1.82, 2.24) is 5.32 Å². The van der Waals surface area contributed by atoms with Crippen LogP contribution in [-0.2, 0) is 19.0 Å². The molecule has 1 fully saturated rings. The summed E-state index contributed by atoms with van der Waals surface area (Å²) >= 11 is 0. The maximum absolute atomic E-state index is 11.5. The Bertz CT molecular complexity index is 213. The van der Waals surface area contributed by atoms with Gasteiger partial charge in [-0.2, -0.15) is 0 Å². The number of ether oxygens (including phenoxy) is 3. The van der Waals surface area contributed by atoms with Crippen molar-refractivity contribution in [2.75, 3.05) is 27.4 Å². The summed E-state index contributed by atoms with van der Waals surface area (Å²) in [6.07, 6.45) is 4.63. The second-order valence-electron chi connectivity index (χ2n) is 4.23. The number of hydrogen-bond donors (Lipinski definition) is 1. The smallest absolute Gasteiger partial charge is 0.220 e. The lowest BCUT2D eigenvalue weighted by atomic mass is 10.0. The van der Waals surface area contributed by atoms with E-state index < -0.39 is 0 Å². The van der Waals surface area contributed by atoms with Crippen LogP contribution in [0, 0.1) is 0 Å². The van der Waals surface area contributed by atoms with E-state index in [1.54, 1.807) is 14.2 Å². The fraction of sp³-hybridized carbons (Fsp3) is 0.917. The highest BCUT2D eigenvalue weighted by Gasteiger charge is 2.15. The normalized spacial score (nSPS) is 20.5. The molecule has 1 saturated heterocycles. The number of carbonyl (C=O) groups is 1. The first kappa shape index (κ1) is 14.4. The van der Waals surface area contributed by atoms with Crippen molar-refractivity contribution in [3.05, 3.63) is 0 Å². The minimum absolute atomic E-state index is 0.0262. The maximum Gasteiger partial charge on any atom is 0.220 e. The average molecular weight is 245 g/mol. The van der Waals surface area contributed by atoms with E-state index in [0.29, 0.717) is 13.0 Å². The first-order chi connectivity index (χ1) is 8.26. The molecule has 1 N–H and O–H groups in total. The fourth-order valence-corrected chi connectivity index (χ4v) is 1.88. The molecule has 0 aromatic heterocycles. The summed E-state index contributed by atoms with van der Waals surface area (Å²) in [5.41, 5.74) is 0. The molecule has 100 valence electrons. The Labute approximate surface area is 103 Å². The van der Waals surface area contributed by atoms with Crippen molar-refractivity contribution in [2.24, 2.45) is 0 Å². The van der Waals surface area contributed by atoms with Crippen LogP contribution in [0.1, 0.15) is 32.1 Å². The highest BCUT2D eigenvalue weighted by molar-refractivity contribution is 5.75. The Morgan fingerprint density at radius 2 is 2.18 bits per heavy atom. The van der Waals surface area contributed by atoms with E-state index in [4.69, 9.17) is 14.2 Å². The largest absolute Gasteiger partial charge is 0.378 e. The van der Waals surface area contributed by atoms with Crippen molar-refractivity contribution in [2.45, 2.75) is 44.5 Å². The highest BCUT2D eigenvalue weighted by Crippen LogP contribution is 2.16. The molecule has 0 aromatic rings. The van der Waals surface area contributed by atoms with E-state index >= 15 is 0 Å². The van der Waals surface area contributed by atoms with Crippen LogP contribution in [0.15, 0.2) is 0 Å². The zero-order chi connectivity index (χ0) is 12.5. The Kier molecular flexibility index (Phi) is 7.16. The molecule has 0 radical (unpaired) electrons. The molecule has 5 heteroatoms. The van der Waals surface area contributed by atoms with Gasteiger partial charge in [-0.3, -0.25) is 4.79 Å². The van der Waals surface area contributed by atoms with Gasteiger partial charge >= 0.3 is 0 Å². The van der Waals surface area contributed by atoms with Crippen molar-refractivity contribution in [1.29, 1.82) is 0 Å². The molecule has 0 aromatic carbocycles. The van der Waals surface area contributed by atoms with Gasteiger partial charge in [0.05, 0.1) is 12.6 Å². The SMILES string of the molecule is COC(CNC(=O)CCC1CCCCO1)OC. The summed E-state index contributed by atoms with van der Waals surface area (Å²) < 4.78 is 15.5. The molecule has 0 spiro atoms. The molecule has 0 aliphatic carbocycles. The molecular formula is C12H23NO4. The Hall–Kier alpha value is -0.650. The number of amides is 1. The van der Waals surface area contributed by atoms with Crippen molar-refractivity contribution >= 4 is 5.91 Å². The van der Waals surface area contributed by atoms with Crippen LogP contribution >= 0.6 is 0 Å². The minimum Gasteiger partial charge on any atom is -0.378 e. The summed E-state index contributed by atoms with van der Waals surface area (Å²) in [5.74, 6) is 0.0262. The van der Waals surface area contributed by atoms with Crippen molar-refractivity contribution in [3.8, 4) is 0 Å². The lowest BCUT2D eigenvalue weighted by Gasteiger charge is -2.22. The maximum atomic E-state index is 11.5. The van der Waals surface area contributed by atoms with Crippen LogP contribution in [0.25, 0.3) is 0 Å². The number of methoxy groups -OCH3 is 2. The van der Waals surface area contributed by atoms with E-state index in [1.165, 1.54) is 6.42 Å². The third kappa shape index (κ3) is 6.00. The topological polar surface area (TPSA) is 56.8 Å². The molecule has 1 atom stereocenters. The number of hydrogen-bond acceptors (Lipinski definition) is 4. The molecule has 0 bridgehead atoms. The van der Waals surface area contributed by atoms with Gasteiger partial charge in [-0.25, -0.2) is 0 Å².